The van der Waals surface area contributed by atoms with Gasteiger partial charge in [0.1, 0.15) is 0 Å². The molecule has 0 radical (unpaired) electrons. The number of rotatable bonds is 3. The number of likely N-dealkylation sites (tertiary alicyclic amines) is 1. The van der Waals surface area contributed by atoms with Gasteiger partial charge in [0.05, 0.1) is 12.6 Å². The number of amides is 1. The van der Waals surface area contributed by atoms with Crippen LogP contribution in [-0.4, -0.2) is 48.2 Å². The highest BCUT2D eigenvalue weighted by Gasteiger charge is 2.44. The molecule has 1 unspecified atom stereocenters. The topological polar surface area (TPSA) is 49.4 Å². The predicted molar refractivity (Wildman–Crippen MR) is 86.4 cm³/mol. The van der Waals surface area contributed by atoms with Gasteiger partial charge in [0.25, 0.3) is 5.92 Å². The Labute approximate surface area is 144 Å². The molecule has 4 nitrogen and oxygen atoms in total. The van der Waals surface area contributed by atoms with Crippen molar-refractivity contribution in [2.45, 2.75) is 31.2 Å². The van der Waals surface area contributed by atoms with Crippen LogP contribution in [-0.2, 0) is 4.79 Å². The molecule has 2 aliphatic rings. The summed E-state index contributed by atoms with van der Waals surface area (Å²) in [6, 6.07) is 5.95. The second-order valence-electron chi connectivity index (χ2n) is 6.46. The fourth-order valence-corrected chi connectivity index (χ4v) is 3.45. The van der Waals surface area contributed by atoms with Gasteiger partial charge in [-0.1, -0.05) is 11.6 Å². The van der Waals surface area contributed by atoms with Crippen molar-refractivity contribution in [1.82, 2.24) is 10.2 Å². The SMILES string of the molecule is O=C(c1ccc(Cl)cc1)C1CCN(C(=O)C2CC(F)(F)CN2)CC1. The summed E-state index contributed by atoms with van der Waals surface area (Å²) in [5.41, 5.74) is 0.612. The van der Waals surface area contributed by atoms with Gasteiger partial charge in [-0.2, -0.15) is 0 Å². The third kappa shape index (κ3) is 3.75. The first-order valence-corrected chi connectivity index (χ1v) is 8.43. The number of alkyl halides is 2. The summed E-state index contributed by atoms with van der Waals surface area (Å²) < 4.78 is 26.4. The van der Waals surface area contributed by atoms with Crippen molar-refractivity contribution in [2.75, 3.05) is 19.6 Å². The van der Waals surface area contributed by atoms with Crippen LogP contribution in [0.1, 0.15) is 29.6 Å². The van der Waals surface area contributed by atoms with E-state index in [-0.39, 0.29) is 17.6 Å². The minimum absolute atomic E-state index is 0.0456. The maximum atomic E-state index is 13.2. The van der Waals surface area contributed by atoms with Gasteiger partial charge in [-0.3, -0.25) is 14.9 Å². The number of nitrogens with zero attached hydrogens (tertiary/aromatic N) is 1. The van der Waals surface area contributed by atoms with E-state index in [1.165, 1.54) is 0 Å². The fraction of sp³-hybridized carbons (Fsp3) is 0.529. The molecule has 0 bridgehead atoms. The highest BCUT2D eigenvalue weighted by Crippen LogP contribution is 2.28. The molecule has 130 valence electrons. The molecule has 1 amide bonds. The van der Waals surface area contributed by atoms with Crippen LogP contribution in [0.15, 0.2) is 24.3 Å². The molecule has 1 aromatic carbocycles. The van der Waals surface area contributed by atoms with Crippen molar-refractivity contribution in [3.05, 3.63) is 34.9 Å². The highest BCUT2D eigenvalue weighted by molar-refractivity contribution is 6.30. The summed E-state index contributed by atoms with van der Waals surface area (Å²) in [7, 11) is 0. The minimum atomic E-state index is -2.82. The van der Waals surface area contributed by atoms with E-state index in [1.807, 2.05) is 0 Å². The van der Waals surface area contributed by atoms with E-state index in [0.29, 0.717) is 36.5 Å². The van der Waals surface area contributed by atoms with E-state index in [0.717, 1.165) is 0 Å². The highest BCUT2D eigenvalue weighted by atomic mass is 35.5. The van der Waals surface area contributed by atoms with Crippen LogP contribution in [0.3, 0.4) is 0 Å². The van der Waals surface area contributed by atoms with E-state index < -0.39 is 24.9 Å². The smallest absolute Gasteiger partial charge is 0.262 e. The van der Waals surface area contributed by atoms with Crippen LogP contribution in [0.25, 0.3) is 0 Å². The average Bonchev–Trinajstić information content (AvgIpc) is 2.94. The van der Waals surface area contributed by atoms with E-state index in [1.54, 1.807) is 29.2 Å². The lowest BCUT2D eigenvalue weighted by molar-refractivity contribution is -0.135. The number of ketones is 1. The normalized spacial score (nSPS) is 24.1. The summed E-state index contributed by atoms with van der Waals surface area (Å²) in [4.78, 5) is 26.4. The lowest BCUT2D eigenvalue weighted by atomic mass is 9.88. The zero-order valence-electron chi connectivity index (χ0n) is 13.1. The summed E-state index contributed by atoms with van der Waals surface area (Å²) in [5.74, 6) is -3.20. The number of hydrogen-bond donors (Lipinski definition) is 1. The zero-order valence-corrected chi connectivity index (χ0v) is 13.9. The lowest BCUT2D eigenvalue weighted by Gasteiger charge is -2.33. The number of piperidine rings is 1. The number of Topliss-reactive ketones (excluding diaryl/α,β-unsaturated/α-hetero) is 1. The van der Waals surface area contributed by atoms with Gasteiger partial charge in [-0.25, -0.2) is 8.78 Å². The molecule has 0 saturated carbocycles. The Morgan fingerprint density at radius 2 is 1.79 bits per heavy atom. The summed E-state index contributed by atoms with van der Waals surface area (Å²) in [6.07, 6.45) is 0.655. The van der Waals surface area contributed by atoms with Crippen molar-refractivity contribution in [2.24, 2.45) is 5.92 Å². The molecule has 3 rings (SSSR count). The Kier molecular flexibility index (Phi) is 4.88. The predicted octanol–water partition coefficient (Wildman–Crippen LogP) is 2.76. The standard InChI is InChI=1S/C17H19ClF2N2O2/c18-13-3-1-11(2-4-13)15(23)12-5-7-22(8-6-12)16(24)14-9-17(19,20)10-21-14/h1-4,12,14,21H,5-10H2. The first-order valence-electron chi connectivity index (χ1n) is 8.05. The molecule has 2 aliphatic heterocycles. The van der Waals surface area contributed by atoms with Gasteiger partial charge >= 0.3 is 0 Å². The second-order valence-corrected chi connectivity index (χ2v) is 6.90. The Morgan fingerprint density at radius 3 is 2.33 bits per heavy atom. The molecule has 2 fully saturated rings. The largest absolute Gasteiger partial charge is 0.341 e. The Bertz CT molecular complexity index is 628. The third-order valence-corrected chi connectivity index (χ3v) is 4.97. The molecule has 0 spiro atoms. The van der Waals surface area contributed by atoms with E-state index >= 15 is 0 Å². The van der Waals surface area contributed by atoms with E-state index in [4.69, 9.17) is 11.6 Å². The summed E-state index contributed by atoms with van der Waals surface area (Å²) in [6.45, 7) is 0.397. The van der Waals surface area contributed by atoms with Crippen LogP contribution in [0.4, 0.5) is 8.78 Å². The minimum Gasteiger partial charge on any atom is -0.341 e. The maximum Gasteiger partial charge on any atom is 0.262 e. The molecule has 1 N–H and O–H groups in total. The van der Waals surface area contributed by atoms with Crippen LogP contribution in [0.2, 0.25) is 5.02 Å². The number of carbonyl (C=O) groups excluding carboxylic acids is 2. The quantitative estimate of drug-likeness (QED) is 0.847. The first kappa shape index (κ1) is 17.3. The van der Waals surface area contributed by atoms with Crippen LogP contribution in [0, 0.1) is 5.92 Å². The van der Waals surface area contributed by atoms with Crippen molar-refractivity contribution in [3.8, 4) is 0 Å². The number of benzene rings is 1. The van der Waals surface area contributed by atoms with Crippen molar-refractivity contribution in [1.29, 1.82) is 0 Å². The van der Waals surface area contributed by atoms with Gasteiger partial charge in [-0.05, 0) is 37.1 Å². The van der Waals surface area contributed by atoms with Crippen LogP contribution >= 0.6 is 11.6 Å². The maximum absolute atomic E-state index is 13.2. The number of halogens is 3. The van der Waals surface area contributed by atoms with E-state index in [9.17, 15) is 18.4 Å². The molecule has 1 aromatic rings. The van der Waals surface area contributed by atoms with Crippen molar-refractivity contribution >= 4 is 23.3 Å². The molecule has 7 heteroatoms. The molecule has 24 heavy (non-hydrogen) atoms. The van der Waals surface area contributed by atoms with Gasteiger partial charge in [0.2, 0.25) is 5.91 Å². The zero-order chi connectivity index (χ0) is 17.3. The van der Waals surface area contributed by atoms with Crippen molar-refractivity contribution < 1.29 is 18.4 Å². The molecule has 0 aliphatic carbocycles. The number of hydrogen-bond acceptors (Lipinski definition) is 3. The van der Waals surface area contributed by atoms with Crippen LogP contribution in [0.5, 0.6) is 0 Å². The fourth-order valence-electron chi connectivity index (χ4n) is 3.32. The second kappa shape index (κ2) is 6.76. The molecule has 2 heterocycles. The Morgan fingerprint density at radius 1 is 1.17 bits per heavy atom. The van der Waals surface area contributed by atoms with Gasteiger partial charge < -0.3 is 4.90 Å². The molecule has 0 aromatic heterocycles. The lowest BCUT2D eigenvalue weighted by Crippen LogP contribution is -2.47. The average molecular weight is 357 g/mol. The molecular formula is C17H19ClF2N2O2. The Hall–Kier alpha value is -1.53. The number of carbonyl (C=O) groups is 2. The van der Waals surface area contributed by atoms with Gasteiger partial charge in [0, 0.05) is 36.0 Å². The van der Waals surface area contributed by atoms with Crippen LogP contribution < -0.4 is 5.32 Å². The Balaban J connectivity index is 1.55. The molecule has 2 saturated heterocycles. The van der Waals surface area contributed by atoms with Crippen molar-refractivity contribution in [3.63, 3.8) is 0 Å². The third-order valence-electron chi connectivity index (χ3n) is 4.71. The first-order chi connectivity index (χ1) is 11.4. The molecular weight excluding hydrogens is 338 g/mol. The van der Waals surface area contributed by atoms with Gasteiger partial charge in [0.15, 0.2) is 5.78 Å². The number of nitrogens with one attached hydrogen (secondary N) is 1. The molecule has 1 atom stereocenters. The monoisotopic (exact) mass is 356 g/mol. The van der Waals surface area contributed by atoms with E-state index in [2.05, 4.69) is 5.32 Å². The summed E-state index contributed by atoms with van der Waals surface area (Å²) >= 11 is 5.82. The van der Waals surface area contributed by atoms with Gasteiger partial charge in [-0.15, -0.1) is 0 Å². The summed E-state index contributed by atoms with van der Waals surface area (Å²) in [5, 5.41) is 3.17.